The van der Waals surface area contributed by atoms with Crippen LogP contribution in [-0.2, 0) is 36.6 Å². The molecule has 12 nitrogen and oxygen atoms in total. The Morgan fingerprint density at radius 1 is 0.702 bits per heavy atom. The van der Waals surface area contributed by atoms with E-state index < -0.39 is 24.1 Å². The Labute approximate surface area is 342 Å². The molecule has 5 rings (SSSR count). The summed E-state index contributed by atoms with van der Waals surface area (Å²) in [6.07, 6.45) is -0.556. The van der Waals surface area contributed by atoms with Crippen LogP contribution in [0, 0.1) is 13.8 Å². The number of thioether (sulfide) groups is 2. The zero-order chi connectivity index (χ0) is 40.7. The molecule has 0 amide bonds. The summed E-state index contributed by atoms with van der Waals surface area (Å²) >= 11 is 3.40. The quantitative estimate of drug-likeness (QED) is 0.0493. The van der Waals surface area contributed by atoms with E-state index in [9.17, 15) is 14.7 Å². The molecular weight excluding hydrogens is 769 g/mol. The summed E-state index contributed by atoms with van der Waals surface area (Å²) in [4.78, 5) is 35.4. The lowest BCUT2D eigenvalue weighted by atomic mass is 10.1. The van der Waals surface area contributed by atoms with Gasteiger partial charge >= 0.3 is 11.9 Å². The van der Waals surface area contributed by atoms with Crippen molar-refractivity contribution in [2.24, 2.45) is 0 Å². The van der Waals surface area contributed by atoms with E-state index in [4.69, 9.17) is 42.5 Å². The van der Waals surface area contributed by atoms with Crippen LogP contribution in [0.3, 0.4) is 0 Å². The van der Waals surface area contributed by atoms with E-state index in [0.29, 0.717) is 36.5 Å². The number of carbonyl (C=O) groups excluding carboxylic acids is 1. The van der Waals surface area contributed by atoms with Crippen molar-refractivity contribution in [3.8, 4) is 34.4 Å². The number of aromatic nitrogens is 2. The largest absolute Gasteiger partial charge is 0.490 e. The summed E-state index contributed by atoms with van der Waals surface area (Å²) in [6, 6.07) is 23.2. The van der Waals surface area contributed by atoms with Crippen LogP contribution in [0.4, 0.5) is 0 Å². The van der Waals surface area contributed by atoms with Crippen LogP contribution in [0.25, 0.3) is 22.9 Å². The number of aliphatic carboxylic acids is 1. The smallest absolute Gasteiger partial charge is 0.339 e. The van der Waals surface area contributed by atoms with Gasteiger partial charge in [-0.25, -0.2) is 19.6 Å². The third kappa shape index (κ3) is 13.1. The van der Waals surface area contributed by atoms with Crippen molar-refractivity contribution in [1.82, 2.24) is 9.97 Å². The van der Waals surface area contributed by atoms with E-state index in [1.807, 2.05) is 93.6 Å². The molecule has 2 aromatic heterocycles. The second-order valence-electron chi connectivity index (χ2n) is 13.1. The SMILES string of the molecule is CCOC(COc1ccc(SCCc2nc(-c3cccc(-c4nc(CCSc5ccc(OCC(OCC)C(=O)OC(C)C)cc5)c(C)o4)c3)oc2C)cc1)C(=O)O. The number of carbonyl (C=O) groups is 2. The third-order valence-electron chi connectivity index (χ3n) is 8.43. The Morgan fingerprint density at radius 2 is 1.16 bits per heavy atom. The molecule has 0 saturated heterocycles. The molecule has 2 atom stereocenters. The topological polar surface area (TPSA) is 153 Å². The molecule has 57 heavy (non-hydrogen) atoms. The molecule has 0 aliphatic carbocycles. The van der Waals surface area contributed by atoms with Gasteiger partial charge in [0.25, 0.3) is 0 Å². The number of hydrogen-bond acceptors (Lipinski definition) is 13. The average Bonchev–Trinajstić information content (AvgIpc) is 3.76. The Hall–Kier alpha value is -4.76. The minimum atomic E-state index is -1.05. The lowest BCUT2D eigenvalue weighted by Gasteiger charge is -2.18. The van der Waals surface area contributed by atoms with Gasteiger partial charge in [0.05, 0.1) is 17.5 Å². The van der Waals surface area contributed by atoms with Gasteiger partial charge in [0.15, 0.2) is 12.2 Å². The van der Waals surface area contributed by atoms with Crippen LogP contribution in [0.5, 0.6) is 11.5 Å². The molecule has 0 spiro atoms. The van der Waals surface area contributed by atoms with Gasteiger partial charge in [-0.1, -0.05) is 6.07 Å². The molecule has 0 aliphatic heterocycles. The van der Waals surface area contributed by atoms with E-state index >= 15 is 0 Å². The molecule has 0 saturated carbocycles. The average molecular weight is 819 g/mol. The van der Waals surface area contributed by atoms with Gasteiger partial charge < -0.3 is 37.6 Å². The van der Waals surface area contributed by atoms with Crippen molar-refractivity contribution < 1.29 is 47.2 Å². The fourth-order valence-electron chi connectivity index (χ4n) is 5.58. The number of oxazole rings is 2. The second kappa shape index (κ2) is 21.7. The second-order valence-corrected chi connectivity index (χ2v) is 15.4. The summed E-state index contributed by atoms with van der Waals surface area (Å²) in [5.41, 5.74) is 3.47. The van der Waals surface area contributed by atoms with E-state index in [1.54, 1.807) is 44.3 Å². The van der Waals surface area contributed by atoms with Crippen LogP contribution in [0.2, 0.25) is 0 Å². The Kier molecular flexibility index (Phi) is 16.5. The van der Waals surface area contributed by atoms with E-state index in [1.165, 1.54) is 0 Å². The summed E-state index contributed by atoms with van der Waals surface area (Å²) in [6.45, 7) is 11.7. The normalized spacial score (nSPS) is 12.4. The van der Waals surface area contributed by atoms with Crippen LogP contribution in [0.15, 0.2) is 91.4 Å². The van der Waals surface area contributed by atoms with Crippen molar-refractivity contribution in [2.45, 2.75) is 82.5 Å². The zero-order valence-electron chi connectivity index (χ0n) is 33.1. The van der Waals surface area contributed by atoms with Crippen LogP contribution < -0.4 is 9.47 Å². The number of carboxylic acids is 1. The van der Waals surface area contributed by atoms with Crippen molar-refractivity contribution in [3.63, 3.8) is 0 Å². The highest BCUT2D eigenvalue weighted by Gasteiger charge is 2.23. The summed E-state index contributed by atoms with van der Waals surface area (Å²) in [5, 5.41) is 9.24. The maximum Gasteiger partial charge on any atom is 0.339 e. The van der Waals surface area contributed by atoms with Gasteiger partial charge in [0.2, 0.25) is 11.8 Å². The summed E-state index contributed by atoms with van der Waals surface area (Å²) in [5.74, 6) is 4.00. The fraction of sp³-hybridized carbons (Fsp3) is 0.395. The van der Waals surface area contributed by atoms with E-state index in [2.05, 4.69) is 0 Å². The first kappa shape index (κ1) is 43.4. The molecule has 14 heteroatoms. The minimum absolute atomic E-state index is 0.0566. The van der Waals surface area contributed by atoms with Gasteiger partial charge in [-0.2, -0.15) is 0 Å². The van der Waals surface area contributed by atoms with E-state index in [0.717, 1.165) is 68.2 Å². The highest BCUT2D eigenvalue weighted by Crippen LogP contribution is 2.30. The van der Waals surface area contributed by atoms with Gasteiger partial charge in [-0.05, 0) is 108 Å². The predicted octanol–water partition coefficient (Wildman–Crippen LogP) is 8.89. The van der Waals surface area contributed by atoms with E-state index in [-0.39, 0.29) is 19.3 Å². The van der Waals surface area contributed by atoms with Gasteiger partial charge in [-0.15, -0.1) is 23.5 Å². The van der Waals surface area contributed by atoms with Crippen LogP contribution >= 0.6 is 23.5 Å². The maximum atomic E-state index is 12.3. The first-order chi connectivity index (χ1) is 27.5. The Bertz CT molecular complexity index is 2030. The van der Waals surface area contributed by atoms with Gasteiger partial charge in [-0.3, -0.25) is 0 Å². The van der Waals surface area contributed by atoms with Gasteiger partial charge in [0.1, 0.15) is 36.2 Å². The van der Waals surface area contributed by atoms with Crippen molar-refractivity contribution in [3.05, 3.63) is 95.7 Å². The molecule has 0 fully saturated rings. The lowest BCUT2D eigenvalue weighted by molar-refractivity contribution is -0.162. The molecule has 2 unspecified atom stereocenters. The Balaban J connectivity index is 1.10. The number of rotatable bonds is 23. The molecule has 304 valence electrons. The summed E-state index contributed by atoms with van der Waals surface area (Å²) < 4.78 is 39.7. The van der Waals surface area contributed by atoms with Crippen LogP contribution in [-0.4, -0.2) is 83.3 Å². The molecule has 3 aromatic carbocycles. The number of hydrogen-bond donors (Lipinski definition) is 1. The van der Waals surface area contributed by atoms with Crippen molar-refractivity contribution in [1.29, 1.82) is 0 Å². The molecule has 2 heterocycles. The monoisotopic (exact) mass is 818 g/mol. The number of nitrogens with zero attached hydrogens (tertiary/aromatic N) is 2. The number of carboxylic acid groups (broad SMARTS) is 1. The fourth-order valence-corrected chi connectivity index (χ4v) is 7.30. The highest BCUT2D eigenvalue weighted by molar-refractivity contribution is 7.99. The molecular formula is C43H50N2O10S2. The molecule has 5 aromatic rings. The number of esters is 1. The third-order valence-corrected chi connectivity index (χ3v) is 10.5. The minimum Gasteiger partial charge on any atom is -0.490 e. The maximum absolute atomic E-state index is 12.3. The lowest BCUT2D eigenvalue weighted by Crippen LogP contribution is -2.34. The predicted molar refractivity (Wildman–Crippen MR) is 219 cm³/mol. The highest BCUT2D eigenvalue weighted by atomic mass is 32.2. The van der Waals surface area contributed by atoms with Crippen molar-refractivity contribution in [2.75, 3.05) is 37.9 Å². The number of benzene rings is 3. The molecule has 0 aliphatic rings. The first-order valence-electron chi connectivity index (χ1n) is 18.9. The van der Waals surface area contributed by atoms with Crippen molar-refractivity contribution >= 4 is 35.5 Å². The Morgan fingerprint density at radius 3 is 1.60 bits per heavy atom. The first-order valence-corrected chi connectivity index (χ1v) is 20.9. The molecule has 0 bridgehead atoms. The summed E-state index contributed by atoms with van der Waals surface area (Å²) in [7, 11) is 0. The molecule has 1 N–H and O–H groups in total. The number of ether oxygens (including phenoxy) is 5. The standard InChI is InChI=1S/C43H50N2O10S2/c1-7-49-38(42(46)47)25-51-32-12-16-34(17-13-32)56-22-20-36-28(5)54-40(44-36)30-10-9-11-31(24-30)41-45-37(29(6)55-41)21-23-57-35-18-14-33(15-19-35)52-26-39(50-8-2)43(48)53-27(3)4/h9-19,24,27,38-39H,7-8,20-23,25-26H2,1-6H3,(H,46,47). The van der Waals surface area contributed by atoms with Crippen LogP contribution in [0.1, 0.15) is 50.6 Å². The molecule has 0 radical (unpaired) electrons. The van der Waals surface area contributed by atoms with Gasteiger partial charge in [0, 0.05) is 58.5 Å². The number of aryl methyl sites for hydroxylation is 4. The zero-order valence-corrected chi connectivity index (χ0v) is 34.8.